The number of hydrogen-bond donors (Lipinski definition) is 2. The molecule has 0 bridgehead atoms. The Hall–Kier alpha value is -1.00. The fraction of sp³-hybridized carbons (Fsp3) is 0.714. The Morgan fingerprint density at radius 1 is 1.28 bits per heavy atom. The molecule has 0 aromatic carbocycles. The molecule has 0 fully saturated rings. The molecule has 0 aliphatic rings. The number of aromatic nitrogens is 2. The Morgan fingerprint density at radius 3 is 2.44 bits per heavy atom. The summed E-state index contributed by atoms with van der Waals surface area (Å²) in [4.78, 5) is 8.73. The molecule has 0 aliphatic carbocycles. The van der Waals surface area contributed by atoms with E-state index in [4.69, 9.17) is 5.84 Å². The summed E-state index contributed by atoms with van der Waals surface area (Å²) in [6.07, 6.45) is 9.68. The SMILES string of the molecule is CCCCC(CC)CC(NN)c1ncc(C)cn1. The standard InChI is InChI=1S/C14H26N4/c1-4-6-7-12(5-2)8-13(18-15)14-16-9-11(3)10-17-14/h9-10,12-13,18H,4-8,15H2,1-3H3. The van der Waals surface area contributed by atoms with E-state index in [1.54, 1.807) is 0 Å². The van der Waals surface area contributed by atoms with Gasteiger partial charge >= 0.3 is 0 Å². The number of nitrogens with two attached hydrogens (primary N) is 1. The first-order valence-corrected chi connectivity index (χ1v) is 6.95. The number of nitrogens with one attached hydrogen (secondary N) is 1. The second-order valence-electron chi connectivity index (χ2n) is 4.99. The summed E-state index contributed by atoms with van der Waals surface area (Å²) in [6.45, 7) is 6.46. The van der Waals surface area contributed by atoms with Crippen molar-refractivity contribution in [3.63, 3.8) is 0 Å². The molecule has 102 valence electrons. The monoisotopic (exact) mass is 250 g/mol. The zero-order valence-corrected chi connectivity index (χ0v) is 11.8. The van der Waals surface area contributed by atoms with Crippen LogP contribution in [0.1, 0.15) is 63.4 Å². The van der Waals surface area contributed by atoms with Crippen molar-refractivity contribution in [1.82, 2.24) is 15.4 Å². The normalized spacial score (nSPS) is 14.4. The van der Waals surface area contributed by atoms with Crippen LogP contribution < -0.4 is 11.3 Å². The van der Waals surface area contributed by atoms with Crippen molar-refractivity contribution in [2.24, 2.45) is 11.8 Å². The molecule has 0 amide bonds. The number of hydrogen-bond acceptors (Lipinski definition) is 4. The average Bonchev–Trinajstić information content (AvgIpc) is 2.40. The van der Waals surface area contributed by atoms with Crippen molar-refractivity contribution >= 4 is 0 Å². The first-order chi connectivity index (χ1) is 8.71. The summed E-state index contributed by atoms with van der Waals surface area (Å²) in [5.74, 6) is 7.14. The Balaban J connectivity index is 2.62. The second-order valence-corrected chi connectivity index (χ2v) is 4.99. The molecule has 3 N–H and O–H groups in total. The lowest BCUT2D eigenvalue weighted by Crippen LogP contribution is -2.31. The van der Waals surface area contributed by atoms with E-state index in [1.165, 1.54) is 25.7 Å². The van der Waals surface area contributed by atoms with Crippen LogP contribution in [0.4, 0.5) is 0 Å². The van der Waals surface area contributed by atoms with E-state index < -0.39 is 0 Å². The smallest absolute Gasteiger partial charge is 0.146 e. The molecule has 0 saturated carbocycles. The van der Waals surface area contributed by atoms with Crippen molar-refractivity contribution in [2.45, 2.75) is 58.9 Å². The zero-order valence-electron chi connectivity index (χ0n) is 11.8. The molecule has 0 aliphatic heterocycles. The Bertz CT molecular complexity index is 323. The van der Waals surface area contributed by atoms with Crippen LogP contribution in [0.25, 0.3) is 0 Å². The van der Waals surface area contributed by atoms with Gasteiger partial charge in [0.2, 0.25) is 0 Å². The van der Waals surface area contributed by atoms with Crippen LogP contribution in [0.5, 0.6) is 0 Å². The largest absolute Gasteiger partial charge is 0.271 e. The minimum absolute atomic E-state index is 0.0624. The van der Waals surface area contributed by atoms with Gasteiger partial charge in [0.25, 0.3) is 0 Å². The molecule has 0 radical (unpaired) electrons. The van der Waals surface area contributed by atoms with Crippen molar-refractivity contribution in [1.29, 1.82) is 0 Å². The van der Waals surface area contributed by atoms with Gasteiger partial charge in [-0.15, -0.1) is 0 Å². The number of hydrazine groups is 1. The number of aryl methyl sites for hydroxylation is 1. The number of rotatable bonds is 8. The van der Waals surface area contributed by atoms with Crippen LogP contribution in [0.2, 0.25) is 0 Å². The van der Waals surface area contributed by atoms with Gasteiger partial charge in [-0.25, -0.2) is 15.4 Å². The van der Waals surface area contributed by atoms with Gasteiger partial charge in [-0.05, 0) is 24.8 Å². The van der Waals surface area contributed by atoms with Crippen LogP contribution in [-0.4, -0.2) is 9.97 Å². The fourth-order valence-electron chi connectivity index (χ4n) is 2.15. The van der Waals surface area contributed by atoms with E-state index in [0.29, 0.717) is 5.92 Å². The molecule has 18 heavy (non-hydrogen) atoms. The van der Waals surface area contributed by atoms with E-state index >= 15 is 0 Å². The van der Waals surface area contributed by atoms with Gasteiger partial charge in [-0.2, -0.15) is 0 Å². The minimum atomic E-state index is 0.0624. The molecule has 0 saturated heterocycles. The molecular formula is C14H26N4. The highest BCUT2D eigenvalue weighted by molar-refractivity contribution is 5.04. The van der Waals surface area contributed by atoms with Crippen LogP contribution in [0.15, 0.2) is 12.4 Å². The molecule has 1 rings (SSSR count). The van der Waals surface area contributed by atoms with Gasteiger partial charge in [0, 0.05) is 12.4 Å². The first-order valence-electron chi connectivity index (χ1n) is 6.95. The average molecular weight is 250 g/mol. The summed E-state index contributed by atoms with van der Waals surface area (Å²) >= 11 is 0. The molecule has 4 heteroatoms. The maximum absolute atomic E-state index is 5.64. The highest BCUT2D eigenvalue weighted by Gasteiger charge is 2.17. The van der Waals surface area contributed by atoms with Crippen molar-refractivity contribution in [3.05, 3.63) is 23.8 Å². The third kappa shape index (κ3) is 4.70. The van der Waals surface area contributed by atoms with Gasteiger partial charge in [0.1, 0.15) is 5.82 Å². The lowest BCUT2D eigenvalue weighted by atomic mass is 9.92. The van der Waals surface area contributed by atoms with Gasteiger partial charge in [0.15, 0.2) is 0 Å². The third-order valence-corrected chi connectivity index (χ3v) is 3.43. The molecule has 2 unspecified atom stereocenters. The van der Waals surface area contributed by atoms with Gasteiger partial charge < -0.3 is 0 Å². The first kappa shape index (κ1) is 15.1. The molecule has 1 heterocycles. The number of nitrogens with zero attached hydrogens (tertiary/aromatic N) is 2. The van der Waals surface area contributed by atoms with Gasteiger partial charge in [-0.1, -0.05) is 39.5 Å². The number of unbranched alkanes of at least 4 members (excludes halogenated alkanes) is 1. The Morgan fingerprint density at radius 2 is 1.94 bits per heavy atom. The summed E-state index contributed by atoms with van der Waals surface area (Å²) < 4.78 is 0. The quantitative estimate of drug-likeness (QED) is 0.550. The van der Waals surface area contributed by atoms with Crippen LogP contribution in [0, 0.1) is 12.8 Å². The Kier molecular flexibility index (Phi) is 6.83. The van der Waals surface area contributed by atoms with E-state index in [1.807, 2.05) is 19.3 Å². The van der Waals surface area contributed by atoms with Crippen molar-refractivity contribution in [3.8, 4) is 0 Å². The predicted octanol–water partition coefficient (Wildman–Crippen LogP) is 2.90. The van der Waals surface area contributed by atoms with E-state index in [-0.39, 0.29) is 6.04 Å². The second kappa shape index (κ2) is 8.16. The predicted molar refractivity (Wildman–Crippen MR) is 74.8 cm³/mol. The van der Waals surface area contributed by atoms with Crippen molar-refractivity contribution < 1.29 is 0 Å². The summed E-state index contributed by atoms with van der Waals surface area (Å²) in [5.41, 5.74) is 3.93. The molecule has 2 atom stereocenters. The summed E-state index contributed by atoms with van der Waals surface area (Å²) in [7, 11) is 0. The lowest BCUT2D eigenvalue weighted by Gasteiger charge is -2.21. The lowest BCUT2D eigenvalue weighted by molar-refractivity contribution is 0.347. The van der Waals surface area contributed by atoms with Crippen molar-refractivity contribution in [2.75, 3.05) is 0 Å². The molecule has 1 aromatic heterocycles. The van der Waals surface area contributed by atoms with E-state index in [9.17, 15) is 0 Å². The third-order valence-electron chi connectivity index (χ3n) is 3.43. The molecule has 0 spiro atoms. The maximum atomic E-state index is 5.64. The minimum Gasteiger partial charge on any atom is -0.271 e. The van der Waals surface area contributed by atoms with Crippen LogP contribution >= 0.6 is 0 Å². The molecule has 4 nitrogen and oxygen atoms in total. The summed E-state index contributed by atoms with van der Waals surface area (Å²) in [6, 6.07) is 0.0624. The van der Waals surface area contributed by atoms with Gasteiger partial charge in [0.05, 0.1) is 6.04 Å². The van der Waals surface area contributed by atoms with E-state index in [2.05, 4.69) is 29.2 Å². The Labute approximate surface area is 110 Å². The zero-order chi connectivity index (χ0) is 13.4. The topological polar surface area (TPSA) is 63.8 Å². The molecular weight excluding hydrogens is 224 g/mol. The molecule has 1 aromatic rings. The summed E-state index contributed by atoms with van der Waals surface area (Å²) in [5, 5.41) is 0. The fourth-order valence-corrected chi connectivity index (χ4v) is 2.15. The van der Waals surface area contributed by atoms with Gasteiger partial charge in [-0.3, -0.25) is 5.84 Å². The van der Waals surface area contributed by atoms with Crippen LogP contribution in [-0.2, 0) is 0 Å². The maximum Gasteiger partial charge on any atom is 0.146 e. The van der Waals surface area contributed by atoms with E-state index in [0.717, 1.165) is 17.8 Å². The highest BCUT2D eigenvalue weighted by atomic mass is 15.2. The van der Waals surface area contributed by atoms with Crippen LogP contribution in [0.3, 0.4) is 0 Å². The highest BCUT2D eigenvalue weighted by Crippen LogP contribution is 2.24.